The normalized spacial score (nSPS) is 27.4. The first-order valence-electron chi connectivity index (χ1n) is 11.4. The van der Waals surface area contributed by atoms with Crippen LogP contribution in [0.15, 0.2) is 53.3 Å². The Bertz CT molecular complexity index is 1440. The maximum absolute atomic E-state index is 13.8. The van der Waals surface area contributed by atoms with Gasteiger partial charge in [0, 0.05) is 28.9 Å². The van der Waals surface area contributed by atoms with Crippen LogP contribution in [-0.2, 0) is 20.8 Å². The summed E-state index contributed by atoms with van der Waals surface area (Å²) in [6, 6.07) is 10.4. The van der Waals surface area contributed by atoms with E-state index in [1.165, 1.54) is 13.2 Å². The molecule has 186 valence electrons. The molecule has 0 unspecified atom stereocenters. The number of benzene rings is 2. The number of aliphatic hydroxyl groups is 3. The number of carbonyl (C=O) groups excluding carboxylic acids is 3. The van der Waals surface area contributed by atoms with Crippen molar-refractivity contribution in [2.45, 2.75) is 31.8 Å². The number of hydrogen-bond acceptors (Lipinski definition) is 8. The molecule has 6 N–H and O–H groups in total. The fourth-order valence-corrected chi connectivity index (χ4v) is 6.14. The molecule has 3 atom stereocenters. The minimum Gasteiger partial charge on any atom is -0.508 e. The maximum atomic E-state index is 13.8. The minimum absolute atomic E-state index is 0.0340. The first-order valence-corrected chi connectivity index (χ1v) is 11.4. The van der Waals surface area contributed by atoms with E-state index in [1.807, 2.05) is 18.2 Å². The van der Waals surface area contributed by atoms with E-state index < -0.39 is 51.5 Å². The Labute approximate surface area is 206 Å². The minimum atomic E-state index is -2.60. The number of phenolic OH excluding ortho intramolecular Hbond substituents is 1. The molecule has 0 aromatic heterocycles. The van der Waals surface area contributed by atoms with E-state index in [0.29, 0.717) is 22.4 Å². The van der Waals surface area contributed by atoms with E-state index in [-0.39, 0.29) is 36.1 Å². The third-order valence-electron chi connectivity index (χ3n) is 7.75. The number of methoxy groups -OCH3 is 1. The molecule has 3 aliphatic rings. The van der Waals surface area contributed by atoms with Gasteiger partial charge in [0.2, 0.25) is 5.78 Å². The van der Waals surface area contributed by atoms with Gasteiger partial charge in [-0.25, -0.2) is 0 Å². The Morgan fingerprint density at radius 1 is 1.08 bits per heavy atom. The maximum Gasteiger partial charge on any atom is 0.255 e. The van der Waals surface area contributed by atoms with Crippen molar-refractivity contribution in [3.05, 3.63) is 64.4 Å². The number of primary amides is 1. The first-order chi connectivity index (χ1) is 17.0. The smallest absolute Gasteiger partial charge is 0.255 e. The molecule has 0 aliphatic heterocycles. The Morgan fingerprint density at radius 2 is 1.78 bits per heavy atom. The molecule has 1 saturated carbocycles. The summed E-state index contributed by atoms with van der Waals surface area (Å²) in [7, 11) is 1.53. The number of phenols is 1. The molecule has 2 aromatic carbocycles. The summed E-state index contributed by atoms with van der Waals surface area (Å²) in [5.41, 5.74) is 2.57. The summed E-state index contributed by atoms with van der Waals surface area (Å²) >= 11 is 0. The van der Waals surface area contributed by atoms with Crippen LogP contribution in [0.1, 0.15) is 30.9 Å². The zero-order chi connectivity index (χ0) is 26.2. The number of para-hydroxylation sites is 1. The molecule has 36 heavy (non-hydrogen) atoms. The van der Waals surface area contributed by atoms with Gasteiger partial charge in [-0.1, -0.05) is 31.2 Å². The number of ketones is 2. The van der Waals surface area contributed by atoms with Crippen LogP contribution in [0, 0.1) is 11.3 Å². The Balaban J connectivity index is 1.77. The van der Waals surface area contributed by atoms with Gasteiger partial charge in [-0.3, -0.25) is 14.4 Å². The first kappa shape index (κ1) is 23.6. The number of rotatable bonds is 3. The Kier molecular flexibility index (Phi) is 5.05. The number of aliphatic hydroxyl groups excluding tert-OH is 2. The van der Waals surface area contributed by atoms with Gasteiger partial charge < -0.3 is 30.9 Å². The number of amides is 1. The second-order valence-electron chi connectivity index (χ2n) is 9.86. The lowest BCUT2D eigenvalue weighted by atomic mass is 9.53. The van der Waals surface area contributed by atoms with Gasteiger partial charge in [0.25, 0.3) is 5.91 Å². The van der Waals surface area contributed by atoms with Crippen molar-refractivity contribution in [1.82, 2.24) is 0 Å². The van der Waals surface area contributed by atoms with Gasteiger partial charge in [0.15, 0.2) is 11.4 Å². The van der Waals surface area contributed by atoms with Crippen molar-refractivity contribution in [3.8, 4) is 22.6 Å². The van der Waals surface area contributed by atoms with Crippen molar-refractivity contribution in [1.29, 1.82) is 0 Å². The third-order valence-corrected chi connectivity index (χ3v) is 7.75. The summed E-state index contributed by atoms with van der Waals surface area (Å²) in [6.07, 6.45) is -0.152. The molecule has 5 rings (SSSR count). The molecule has 9 nitrogen and oxygen atoms in total. The van der Waals surface area contributed by atoms with Crippen molar-refractivity contribution >= 4 is 23.2 Å². The summed E-state index contributed by atoms with van der Waals surface area (Å²) < 4.78 is 5.50. The van der Waals surface area contributed by atoms with Crippen LogP contribution < -0.4 is 10.5 Å². The molecule has 2 aromatic rings. The van der Waals surface area contributed by atoms with Crippen LogP contribution in [0.2, 0.25) is 0 Å². The quantitative estimate of drug-likeness (QED) is 0.408. The highest BCUT2D eigenvalue weighted by molar-refractivity contribution is 6.23. The number of hydrogen-bond donors (Lipinski definition) is 5. The molecular weight excluding hydrogens is 466 g/mol. The lowest BCUT2D eigenvalue weighted by molar-refractivity contribution is -0.150. The van der Waals surface area contributed by atoms with Gasteiger partial charge >= 0.3 is 0 Å². The molecule has 0 radical (unpaired) electrons. The lowest BCUT2D eigenvalue weighted by Crippen LogP contribution is -2.60. The van der Waals surface area contributed by atoms with Crippen LogP contribution in [0.5, 0.6) is 11.5 Å². The van der Waals surface area contributed by atoms with Gasteiger partial charge in [-0.15, -0.1) is 0 Å². The van der Waals surface area contributed by atoms with Crippen molar-refractivity contribution in [3.63, 3.8) is 0 Å². The highest BCUT2D eigenvalue weighted by Gasteiger charge is 2.63. The summed E-state index contributed by atoms with van der Waals surface area (Å²) in [4.78, 5) is 38.1. The molecule has 0 heterocycles. The van der Waals surface area contributed by atoms with Crippen molar-refractivity contribution < 1.29 is 39.5 Å². The van der Waals surface area contributed by atoms with Crippen LogP contribution in [0.25, 0.3) is 16.9 Å². The standard InChI is InChI=1S/C27H25NO8/c1-26-10-12-9-17(30)20(25(28)34)23(32)27(12,35)24(33)21(26)22(31)19-15(11-26)13(7-8-16(19)29)14-5-3-4-6-18(14)36-2/h3-8,12,29,31-32,35H,9-11H2,1-2H3,(H2,28,34)/t12-,26-,27-/m1/s1. The third kappa shape index (κ3) is 2.95. The van der Waals surface area contributed by atoms with Crippen LogP contribution in [-0.4, -0.2) is 50.6 Å². The molecule has 9 heteroatoms. The van der Waals surface area contributed by atoms with Crippen LogP contribution in [0.3, 0.4) is 0 Å². The highest BCUT2D eigenvalue weighted by atomic mass is 16.5. The molecular formula is C27H25NO8. The molecule has 0 bridgehead atoms. The van der Waals surface area contributed by atoms with E-state index in [9.17, 15) is 34.8 Å². The van der Waals surface area contributed by atoms with E-state index in [0.717, 1.165) is 0 Å². The molecule has 3 aliphatic carbocycles. The second kappa shape index (κ2) is 7.69. The van der Waals surface area contributed by atoms with E-state index in [2.05, 4.69) is 0 Å². The number of aromatic hydroxyl groups is 1. The summed E-state index contributed by atoms with van der Waals surface area (Å²) in [5.74, 6) is -5.41. The van der Waals surface area contributed by atoms with E-state index in [1.54, 1.807) is 19.1 Å². The summed E-state index contributed by atoms with van der Waals surface area (Å²) in [6.45, 7) is 1.73. The fraction of sp³-hybridized carbons (Fsp3) is 0.296. The summed E-state index contributed by atoms with van der Waals surface area (Å²) in [5, 5.41) is 44.2. The predicted octanol–water partition coefficient (Wildman–Crippen LogP) is 2.49. The average Bonchev–Trinajstić information content (AvgIpc) is 2.81. The number of ether oxygens (including phenoxy) is 1. The average molecular weight is 491 g/mol. The zero-order valence-corrected chi connectivity index (χ0v) is 19.7. The molecule has 1 amide bonds. The number of carbonyl (C=O) groups is 3. The van der Waals surface area contributed by atoms with Gasteiger partial charge in [0.05, 0.1) is 12.7 Å². The zero-order valence-electron chi connectivity index (χ0n) is 19.7. The lowest BCUT2D eigenvalue weighted by Gasteiger charge is -2.50. The molecule has 1 fully saturated rings. The largest absolute Gasteiger partial charge is 0.508 e. The van der Waals surface area contributed by atoms with Gasteiger partial charge in [-0.2, -0.15) is 0 Å². The highest BCUT2D eigenvalue weighted by Crippen LogP contribution is 2.58. The Morgan fingerprint density at radius 3 is 2.44 bits per heavy atom. The number of Topliss-reactive ketones (excluding diaryl/α,β-unsaturated/α-hetero) is 2. The van der Waals surface area contributed by atoms with Crippen molar-refractivity contribution in [2.24, 2.45) is 17.1 Å². The SMILES string of the molecule is COc1ccccc1-c1ccc(O)c2c1C[C@@]1(C)C[C@H]3CC(=O)C(C(N)=O)=C(O)[C@@]3(O)C(=O)C1=C2O. The van der Waals surface area contributed by atoms with E-state index in [4.69, 9.17) is 10.5 Å². The topological polar surface area (TPSA) is 167 Å². The fourth-order valence-electron chi connectivity index (χ4n) is 6.14. The van der Waals surface area contributed by atoms with Crippen LogP contribution >= 0.6 is 0 Å². The second-order valence-corrected chi connectivity index (χ2v) is 9.86. The van der Waals surface area contributed by atoms with Crippen LogP contribution in [0.4, 0.5) is 0 Å². The van der Waals surface area contributed by atoms with Gasteiger partial charge in [-0.05, 0) is 36.1 Å². The number of fused-ring (bicyclic) bond motifs is 3. The van der Waals surface area contributed by atoms with Gasteiger partial charge in [0.1, 0.15) is 28.6 Å². The van der Waals surface area contributed by atoms with Crippen molar-refractivity contribution in [2.75, 3.05) is 7.11 Å². The molecule has 0 spiro atoms. The Hall–Kier alpha value is -4.11. The van der Waals surface area contributed by atoms with E-state index >= 15 is 0 Å². The monoisotopic (exact) mass is 491 g/mol. The predicted molar refractivity (Wildman–Crippen MR) is 128 cm³/mol. The molecule has 0 saturated heterocycles. The number of nitrogens with two attached hydrogens (primary N) is 1.